The van der Waals surface area contributed by atoms with E-state index in [1.165, 1.54) is 4.57 Å². The van der Waals surface area contributed by atoms with Gasteiger partial charge in [0.1, 0.15) is 17.5 Å². The van der Waals surface area contributed by atoms with Gasteiger partial charge in [0.2, 0.25) is 0 Å². The summed E-state index contributed by atoms with van der Waals surface area (Å²) in [5, 5.41) is 26.3. The Hall–Kier alpha value is -2.97. The van der Waals surface area contributed by atoms with Crippen molar-refractivity contribution in [3.8, 4) is 0 Å². The molecular formula is C20H25N5O3. The molecule has 4 N–H and O–H groups in total. The standard InChI is InChI=1S/C20H25N5O3/c1-13-4-6-21-15(10-13)22-16-11-14-5-7-25(8-9-26)19(28)17(14)18(23-16)24-20(2,3)12-27/h4-7,10-11,26-27H,8-9,12H2,1-3H3,(H2,21,22,23,24). The molecule has 0 fully saturated rings. The summed E-state index contributed by atoms with van der Waals surface area (Å²) < 4.78 is 1.44. The smallest absolute Gasteiger partial charge is 0.262 e. The lowest BCUT2D eigenvalue weighted by Gasteiger charge is -2.25. The van der Waals surface area contributed by atoms with Crippen LogP contribution in [0, 0.1) is 6.92 Å². The number of aliphatic hydroxyl groups is 2. The number of fused-ring (bicyclic) bond motifs is 1. The summed E-state index contributed by atoms with van der Waals surface area (Å²) >= 11 is 0. The molecule has 0 radical (unpaired) electrons. The molecule has 8 nitrogen and oxygen atoms in total. The van der Waals surface area contributed by atoms with Crippen molar-refractivity contribution in [3.05, 3.63) is 52.6 Å². The predicted molar refractivity (Wildman–Crippen MR) is 110 cm³/mol. The summed E-state index contributed by atoms with van der Waals surface area (Å²) in [7, 11) is 0. The van der Waals surface area contributed by atoms with Crippen molar-refractivity contribution in [2.45, 2.75) is 32.9 Å². The SMILES string of the molecule is Cc1ccnc(Nc2cc3ccn(CCO)c(=O)c3c(NC(C)(C)CO)n2)c1. The van der Waals surface area contributed by atoms with Crippen LogP contribution in [0.5, 0.6) is 0 Å². The van der Waals surface area contributed by atoms with E-state index in [1.807, 2.05) is 32.9 Å². The number of nitrogens with one attached hydrogen (secondary N) is 2. The molecule has 148 valence electrons. The molecule has 0 aromatic carbocycles. The minimum absolute atomic E-state index is 0.134. The lowest BCUT2D eigenvalue weighted by molar-refractivity contribution is 0.234. The van der Waals surface area contributed by atoms with Crippen LogP contribution in [0.15, 0.2) is 41.5 Å². The molecule has 0 bridgehead atoms. The summed E-state index contributed by atoms with van der Waals surface area (Å²) in [6.45, 7) is 5.54. The highest BCUT2D eigenvalue weighted by atomic mass is 16.3. The van der Waals surface area contributed by atoms with Gasteiger partial charge in [0.25, 0.3) is 5.56 Å². The van der Waals surface area contributed by atoms with Crippen LogP contribution in [0.3, 0.4) is 0 Å². The van der Waals surface area contributed by atoms with Crippen LogP contribution in [0.25, 0.3) is 10.8 Å². The first-order chi connectivity index (χ1) is 13.3. The van der Waals surface area contributed by atoms with Crippen LogP contribution in [-0.2, 0) is 6.54 Å². The Morgan fingerprint density at radius 3 is 2.64 bits per heavy atom. The summed E-state index contributed by atoms with van der Waals surface area (Å²) in [5.74, 6) is 1.54. The highest BCUT2D eigenvalue weighted by Gasteiger charge is 2.20. The molecule has 0 aliphatic carbocycles. The number of hydrogen-bond donors (Lipinski definition) is 4. The van der Waals surface area contributed by atoms with Crippen molar-refractivity contribution in [2.24, 2.45) is 0 Å². The van der Waals surface area contributed by atoms with Gasteiger partial charge in [-0.05, 0) is 56.0 Å². The molecule has 0 unspecified atom stereocenters. The third kappa shape index (κ3) is 4.29. The predicted octanol–water partition coefficient (Wildman–Crippen LogP) is 2.02. The van der Waals surface area contributed by atoms with E-state index in [9.17, 15) is 15.0 Å². The Bertz CT molecular complexity index is 1050. The molecule has 28 heavy (non-hydrogen) atoms. The molecule has 0 aliphatic heterocycles. The lowest BCUT2D eigenvalue weighted by atomic mass is 10.1. The van der Waals surface area contributed by atoms with Gasteiger partial charge in [0.15, 0.2) is 0 Å². The van der Waals surface area contributed by atoms with Crippen molar-refractivity contribution in [3.63, 3.8) is 0 Å². The van der Waals surface area contributed by atoms with E-state index in [0.29, 0.717) is 28.2 Å². The third-order valence-electron chi connectivity index (χ3n) is 4.32. The van der Waals surface area contributed by atoms with Crippen LogP contribution in [-0.4, -0.2) is 43.5 Å². The number of aryl methyl sites for hydroxylation is 1. The Morgan fingerprint density at radius 1 is 1.18 bits per heavy atom. The minimum Gasteiger partial charge on any atom is -0.395 e. The second kappa shape index (κ2) is 7.95. The molecule has 3 aromatic heterocycles. The molecule has 3 aromatic rings. The van der Waals surface area contributed by atoms with Gasteiger partial charge in [-0.3, -0.25) is 4.79 Å². The number of aliphatic hydroxyl groups excluding tert-OH is 2. The van der Waals surface area contributed by atoms with Crippen molar-refractivity contribution in [2.75, 3.05) is 23.8 Å². The molecule has 0 atom stereocenters. The largest absolute Gasteiger partial charge is 0.395 e. The third-order valence-corrected chi connectivity index (χ3v) is 4.32. The van der Waals surface area contributed by atoms with E-state index in [0.717, 1.165) is 5.56 Å². The summed E-state index contributed by atoms with van der Waals surface area (Å²) in [6.07, 6.45) is 3.36. The van der Waals surface area contributed by atoms with Gasteiger partial charge in [0.05, 0.1) is 24.1 Å². The number of nitrogens with zero attached hydrogens (tertiary/aromatic N) is 3. The minimum atomic E-state index is -0.676. The normalized spacial score (nSPS) is 11.6. The summed E-state index contributed by atoms with van der Waals surface area (Å²) in [5.41, 5.74) is 0.130. The summed E-state index contributed by atoms with van der Waals surface area (Å²) in [6, 6.07) is 7.39. The van der Waals surface area contributed by atoms with E-state index in [4.69, 9.17) is 0 Å². The number of pyridine rings is 3. The fraction of sp³-hybridized carbons (Fsp3) is 0.350. The lowest BCUT2D eigenvalue weighted by Crippen LogP contribution is -2.36. The molecule has 0 saturated heterocycles. The summed E-state index contributed by atoms with van der Waals surface area (Å²) in [4.78, 5) is 21.8. The van der Waals surface area contributed by atoms with Crippen LogP contribution in [0.1, 0.15) is 19.4 Å². The monoisotopic (exact) mass is 383 g/mol. The quantitative estimate of drug-likeness (QED) is 0.494. The van der Waals surface area contributed by atoms with Crippen molar-refractivity contribution in [1.29, 1.82) is 0 Å². The van der Waals surface area contributed by atoms with E-state index >= 15 is 0 Å². The molecule has 0 amide bonds. The van der Waals surface area contributed by atoms with Gasteiger partial charge < -0.3 is 25.4 Å². The van der Waals surface area contributed by atoms with E-state index < -0.39 is 5.54 Å². The van der Waals surface area contributed by atoms with E-state index in [1.54, 1.807) is 24.5 Å². The topological polar surface area (TPSA) is 112 Å². The van der Waals surface area contributed by atoms with Gasteiger partial charge >= 0.3 is 0 Å². The maximum Gasteiger partial charge on any atom is 0.262 e. The zero-order chi connectivity index (χ0) is 20.3. The number of aromatic nitrogens is 3. The Morgan fingerprint density at radius 2 is 1.96 bits per heavy atom. The van der Waals surface area contributed by atoms with Crippen LogP contribution < -0.4 is 16.2 Å². The molecule has 0 spiro atoms. The molecule has 3 heterocycles. The number of hydrogen-bond acceptors (Lipinski definition) is 7. The van der Waals surface area contributed by atoms with Gasteiger partial charge in [-0.15, -0.1) is 0 Å². The molecule has 0 saturated carbocycles. The second-order valence-electron chi connectivity index (χ2n) is 7.37. The molecule has 3 rings (SSSR count). The highest BCUT2D eigenvalue weighted by Crippen LogP contribution is 2.26. The maximum atomic E-state index is 12.9. The van der Waals surface area contributed by atoms with Crippen LogP contribution >= 0.6 is 0 Å². The first kappa shape index (κ1) is 19.8. The number of anilines is 3. The van der Waals surface area contributed by atoms with Crippen LogP contribution in [0.2, 0.25) is 0 Å². The van der Waals surface area contributed by atoms with Crippen molar-refractivity contribution < 1.29 is 10.2 Å². The van der Waals surface area contributed by atoms with E-state index in [2.05, 4.69) is 20.6 Å². The van der Waals surface area contributed by atoms with Gasteiger partial charge in [-0.25, -0.2) is 9.97 Å². The van der Waals surface area contributed by atoms with Gasteiger partial charge in [0, 0.05) is 18.9 Å². The number of rotatable bonds is 7. The Labute approximate surface area is 162 Å². The molecule has 8 heteroatoms. The van der Waals surface area contributed by atoms with Gasteiger partial charge in [-0.2, -0.15) is 0 Å². The average molecular weight is 383 g/mol. The Kier molecular flexibility index (Phi) is 5.62. The first-order valence-electron chi connectivity index (χ1n) is 9.07. The fourth-order valence-electron chi connectivity index (χ4n) is 2.84. The zero-order valence-corrected chi connectivity index (χ0v) is 16.2. The van der Waals surface area contributed by atoms with Crippen LogP contribution in [0.4, 0.5) is 17.5 Å². The van der Waals surface area contributed by atoms with Crippen molar-refractivity contribution in [1.82, 2.24) is 14.5 Å². The van der Waals surface area contributed by atoms with Gasteiger partial charge in [-0.1, -0.05) is 0 Å². The molecular weight excluding hydrogens is 358 g/mol. The average Bonchev–Trinajstić information content (AvgIpc) is 2.64. The van der Waals surface area contributed by atoms with E-state index in [-0.39, 0.29) is 25.3 Å². The maximum absolute atomic E-state index is 12.9. The molecule has 0 aliphatic rings. The Balaban J connectivity index is 2.14. The first-order valence-corrected chi connectivity index (χ1v) is 9.07. The zero-order valence-electron chi connectivity index (χ0n) is 16.2. The van der Waals surface area contributed by atoms with Crippen molar-refractivity contribution >= 4 is 28.2 Å². The second-order valence-corrected chi connectivity index (χ2v) is 7.37. The fourth-order valence-corrected chi connectivity index (χ4v) is 2.84. The highest BCUT2D eigenvalue weighted by molar-refractivity contribution is 5.93.